The first-order chi connectivity index (χ1) is 11.6. The second-order valence-corrected chi connectivity index (χ2v) is 6.50. The number of amides is 2. The summed E-state index contributed by atoms with van der Waals surface area (Å²) in [7, 11) is 0. The Labute approximate surface area is 152 Å². The molecule has 0 radical (unpaired) electrons. The van der Waals surface area contributed by atoms with Gasteiger partial charge in [-0.05, 0) is 17.7 Å². The summed E-state index contributed by atoms with van der Waals surface area (Å²) < 4.78 is 0. The molecule has 1 fully saturated rings. The van der Waals surface area contributed by atoms with E-state index in [0.717, 1.165) is 11.3 Å². The van der Waals surface area contributed by atoms with E-state index in [1.807, 2.05) is 53.4 Å². The Kier molecular flexibility index (Phi) is 5.48. The lowest BCUT2D eigenvalue weighted by Gasteiger charge is -2.36. The van der Waals surface area contributed by atoms with Crippen molar-refractivity contribution >= 4 is 34.9 Å². The number of piperazine rings is 1. The van der Waals surface area contributed by atoms with Gasteiger partial charge in [0, 0.05) is 32.7 Å². The number of hydrogen-bond donors (Lipinski definition) is 1. The fourth-order valence-electron chi connectivity index (χ4n) is 2.81. The van der Waals surface area contributed by atoms with Crippen LogP contribution in [0.25, 0.3) is 0 Å². The van der Waals surface area contributed by atoms with Crippen LogP contribution in [0.4, 0.5) is 10.5 Å². The molecule has 1 saturated heterocycles. The first-order valence-electron chi connectivity index (χ1n) is 7.91. The van der Waals surface area contributed by atoms with Gasteiger partial charge in [-0.15, -0.1) is 0 Å². The summed E-state index contributed by atoms with van der Waals surface area (Å²) >= 11 is 12.5. The highest BCUT2D eigenvalue weighted by Gasteiger charge is 2.23. The van der Waals surface area contributed by atoms with Gasteiger partial charge in [0.2, 0.25) is 0 Å². The predicted molar refractivity (Wildman–Crippen MR) is 98.9 cm³/mol. The zero-order chi connectivity index (χ0) is 16.9. The summed E-state index contributed by atoms with van der Waals surface area (Å²) in [5.74, 6) is 0. The van der Waals surface area contributed by atoms with Crippen molar-refractivity contribution in [1.82, 2.24) is 10.2 Å². The fraction of sp³-hybridized carbons (Fsp3) is 0.278. The third-order valence-corrected chi connectivity index (χ3v) is 4.72. The van der Waals surface area contributed by atoms with Crippen molar-refractivity contribution < 1.29 is 4.79 Å². The highest BCUT2D eigenvalue weighted by atomic mass is 35.5. The standard InChI is InChI=1S/C18H19Cl2N3O/c19-15-7-4-8-16(20)17(15)22-9-11-23(12-10-22)18(24)21-13-14-5-2-1-3-6-14/h1-8H,9-13H2,(H,21,24). The maximum Gasteiger partial charge on any atom is 0.317 e. The molecule has 24 heavy (non-hydrogen) atoms. The molecule has 0 saturated carbocycles. The number of halogens is 2. The molecule has 0 aromatic heterocycles. The molecule has 6 heteroatoms. The summed E-state index contributed by atoms with van der Waals surface area (Å²) in [6.45, 7) is 3.24. The zero-order valence-electron chi connectivity index (χ0n) is 13.2. The summed E-state index contributed by atoms with van der Waals surface area (Å²) in [6.07, 6.45) is 0. The van der Waals surface area contributed by atoms with Gasteiger partial charge in [0.25, 0.3) is 0 Å². The van der Waals surface area contributed by atoms with Gasteiger partial charge in [0.15, 0.2) is 0 Å². The Hall–Kier alpha value is -1.91. The lowest BCUT2D eigenvalue weighted by molar-refractivity contribution is 0.194. The van der Waals surface area contributed by atoms with E-state index < -0.39 is 0 Å². The van der Waals surface area contributed by atoms with Crippen molar-refractivity contribution in [3.8, 4) is 0 Å². The van der Waals surface area contributed by atoms with E-state index in [2.05, 4.69) is 10.2 Å². The molecule has 3 rings (SSSR count). The second-order valence-electron chi connectivity index (χ2n) is 5.69. The van der Waals surface area contributed by atoms with Crippen molar-refractivity contribution in [2.45, 2.75) is 6.54 Å². The van der Waals surface area contributed by atoms with E-state index in [1.54, 1.807) is 0 Å². The Morgan fingerprint density at radius 2 is 1.54 bits per heavy atom. The number of anilines is 1. The lowest BCUT2D eigenvalue weighted by atomic mass is 10.2. The second kappa shape index (κ2) is 7.77. The third kappa shape index (κ3) is 3.94. The first-order valence-corrected chi connectivity index (χ1v) is 8.66. The number of urea groups is 1. The molecular weight excluding hydrogens is 345 g/mol. The van der Waals surface area contributed by atoms with E-state index >= 15 is 0 Å². The van der Waals surface area contributed by atoms with Crippen molar-refractivity contribution in [2.24, 2.45) is 0 Å². The van der Waals surface area contributed by atoms with Crippen LogP contribution < -0.4 is 10.2 Å². The Morgan fingerprint density at radius 3 is 2.17 bits per heavy atom. The number of hydrogen-bond acceptors (Lipinski definition) is 2. The van der Waals surface area contributed by atoms with Gasteiger partial charge in [-0.3, -0.25) is 0 Å². The van der Waals surface area contributed by atoms with Gasteiger partial charge in [0.1, 0.15) is 0 Å². The molecule has 2 aromatic carbocycles. The first kappa shape index (κ1) is 16.9. The van der Waals surface area contributed by atoms with E-state index in [0.29, 0.717) is 42.8 Å². The average molecular weight is 364 g/mol. The van der Waals surface area contributed by atoms with Gasteiger partial charge >= 0.3 is 6.03 Å². The number of rotatable bonds is 3. The van der Waals surface area contributed by atoms with Crippen molar-refractivity contribution in [3.63, 3.8) is 0 Å². The molecule has 0 spiro atoms. The van der Waals surface area contributed by atoms with E-state index in [1.165, 1.54) is 0 Å². The van der Waals surface area contributed by atoms with Crippen LogP contribution in [-0.4, -0.2) is 37.1 Å². The molecule has 4 nitrogen and oxygen atoms in total. The summed E-state index contributed by atoms with van der Waals surface area (Å²) in [5.41, 5.74) is 1.94. The SMILES string of the molecule is O=C(NCc1ccccc1)N1CCN(c2c(Cl)cccc2Cl)CC1. The van der Waals surface area contributed by atoms with Crippen LogP contribution in [0.5, 0.6) is 0 Å². The summed E-state index contributed by atoms with van der Waals surface area (Å²) in [5, 5.41) is 4.25. The molecule has 1 heterocycles. The average Bonchev–Trinajstić information content (AvgIpc) is 2.61. The summed E-state index contributed by atoms with van der Waals surface area (Å²) in [4.78, 5) is 16.2. The molecule has 0 unspecified atom stereocenters. The number of carbonyl (C=O) groups excluding carboxylic acids is 1. The van der Waals surface area contributed by atoms with Crippen molar-refractivity contribution in [1.29, 1.82) is 0 Å². The topological polar surface area (TPSA) is 35.6 Å². The van der Waals surface area contributed by atoms with Crippen molar-refractivity contribution in [3.05, 3.63) is 64.1 Å². The third-order valence-electron chi connectivity index (χ3n) is 4.11. The maximum absolute atomic E-state index is 12.3. The Bertz CT molecular complexity index is 680. The number of nitrogens with zero attached hydrogens (tertiary/aromatic N) is 2. The molecular formula is C18H19Cl2N3O. The molecule has 0 aliphatic carbocycles. The van der Waals surface area contributed by atoms with Gasteiger partial charge < -0.3 is 15.1 Å². The van der Waals surface area contributed by atoms with Crippen LogP contribution in [0.1, 0.15) is 5.56 Å². The molecule has 2 aromatic rings. The minimum Gasteiger partial charge on any atom is -0.366 e. The van der Waals surface area contributed by atoms with Crippen LogP contribution >= 0.6 is 23.2 Å². The summed E-state index contributed by atoms with van der Waals surface area (Å²) in [6, 6.07) is 15.4. The molecule has 1 N–H and O–H groups in total. The Morgan fingerprint density at radius 1 is 0.917 bits per heavy atom. The largest absolute Gasteiger partial charge is 0.366 e. The molecule has 0 atom stereocenters. The van der Waals surface area contributed by atoms with Gasteiger partial charge in [-0.2, -0.15) is 0 Å². The number of benzene rings is 2. The normalized spacial score (nSPS) is 14.6. The maximum atomic E-state index is 12.3. The van der Waals surface area contributed by atoms with Crippen LogP contribution in [0, 0.1) is 0 Å². The lowest BCUT2D eigenvalue weighted by Crippen LogP contribution is -2.51. The molecule has 126 valence electrons. The van der Waals surface area contributed by atoms with E-state index in [9.17, 15) is 4.79 Å². The fourth-order valence-corrected chi connectivity index (χ4v) is 3.45. The van der Waals surface area contributed by atoms with E-state index in [-0.39, 0.29) is 6.03 Å². The van der Waals surface area contributed by atoms with Crippen LogP contribution in [0.2, 0.25) is 10.0 Å². The van der Waals surface area contributed by atoms with Gasteiger partial charge in [-0.25, -0.2) is 4.79 Å². The monoisotopic (exact) mass is 363 g/mol. The minimum absolute atomic E-state index is 0.0382. The van der Waals surface area contributed by atoms with E-state index in [4.69, 9.17) is 23.2 Å². The Balaban J connectivity index is 1.54. The molecule has 1 aliphatic heterocycles. The highest BCUT2D eigenvalue weighted by Crippen LogP contribution is 2.33. The molecule has 1 aliphatic rings. The van der Waals surface area contributed by atoms with Crippen LogP contribution in [0.15, 0.2) is 48.5 Å². The minimum atomic E-state index is -0.0382. The van der Waals surface area contributed by atoms with Gasteiger partial charge in [-0.1, -0.05) is 59.6 Å². The van der Waals surface area contributed by atoms with Crippen LogP contribution in [-0.2, 0) is 6.54 Å². The molecule has 0 bridgehead atoms. The predicted octanol–water partition coefficient (Wildman–Crippen LogP) is 4.03. The van der Waals surface area contributed by atoms with Crippen LogP contribution in [0.3, 0.4) is 0 Å². The molecule has 2 amide bonds. The number of carbonyl (C=O) groups is 1. The zero-order valence-corrected chi connectivity index (χ0v) is 14.7. The smallest absolute Gasteiger partial charge is 0.317 e. The van der Waals surface area contributed by atoms with Gasteiger partial charge in [0.05, 0.1) is 15.7 Å². The van der Waals surface area contributed by atoms with Crippen molar-refractivity contribution in [2.75, 3.05) is 31.1 Å². The number of nitrogens with one attached hydrogen (secondary N) is 1. The number of para-hydroxylation sites is 1. The quantitative estimate of drug-likeness (QED) is 0.893. The highest BCUT2D eigenvalue weighted by molar-refractivity contribution is 6.39.